The summed E-state index contributed by atoms with van der Waals surface area (Å²) in [5.74, 6) is -0.698. The normalized spacial score (nSPS) is 15.1. The summed E-state index contributed by atoms with van der Waals surface area (Å²) in [4.78, 5) is 10.7. The molecule has 2 unspecified atom stereocenters. The van der Waals surface area contributed by atoms with Crippen LogP contribution in [0.4, 0.5) is 0 Å². The molecule has 0 saturated heterocycles. The van der Waals surface area contributed by atoms with Gasteiger partial charge in [0.2, 0.25) is 0 Å². The Hall–Kier alpha value is -1.36. The van der Waals surface area contributed by atoms with Crippen molar-refractivity contribution in [2.45, 2.75) is 32.2 Å². The van der Waals surface area contributed by atoms with Gasteiger partial charge in [-0.1, -0.05) is 31.5 Å². The number of hydrogen-bond donors (Lipinski definition) is 2. The highest BCUT2D eigenvalue weighted by atomic mass is 31.2. The van der Waals surface area contributed by atoms with E-state index >= 15 is 0 Å². The summed E-state index contributed by atoms with van der Waals surface area (Å²) in [6.45, 7) is 2.30. The van der Waals surface area contributed by atoms with Crippen LogP contribution in [-0.2, 0) is 13.9 Å². The molecule has 21 heavy (non-hydrogen) atoms. The average Bonchev–Trinajstić information content (AvgIpc) is 2.46. The molecule has 0 aliphatic rings. The number of benzene rings is 1. The number of nitrogens with two attached hydrogens (primary N) is 1. The molecule has 0 aromatic heterocycles. The van der Waals surface area contributed by atoms with E-state index in [1.54, 1.807) is 24.3 Å². The number of carboxylic acids is 1. The number of carboxylic acid groups (broad SMARTS) is 1. The predicted molar refractivity (Wildman–Crippen MR) is 80.6 cm³/mol. The lowest BCUT2D eigenvalue weighted by atomic mass is 10.2. The van der Waals surface area contributed by atoms with Crippen LogP contribution in [0.25, 0.3) is 0 Å². The van der Waals surface area contributed by atoms with Crippen molar-refractivity contribution in [3.05, 3.63) is 30.3 Å². The molecule has 3 N–H and O–H groups in total. The molecule has 1 rings (SSSR count). The first-order valence-corrected chi connectivity index (χ1v) is 8.66. The second-order valence-corrected chi connectivity index (χ2v) is 6.77. The zero-order chi connectivity index (χ0) is 15.7. The maximum Gasteiger partial charge on any atom is 0.379 e. The first-order valence-electron chi connectivity index (χ1n) is 6.93. The Morgan fingerprint density at radius 1 is 1.38 bits per heavy atom. The van der Waals surface area contributed by atoms with E-state index in [1.807, 2.05) is 13.0 Å². The molecule has 7 heteroatoms. The third-order valence-electron chi connectivity index (χ3n) is 2.80. The molecule has 0 aliphatic heterocycles. The van der Waals surface area contributed by atoms with Crippen LogP contribution in [0, 0.1) is 0 Å². The summed E-state index contributed by atoms with van der Waals surface area (Å²) in [7, 11) is -3.41. The minimum Gasteiger partial charge on any atom is -0.480 e. The Morgan fingerprint density at radius 2 is 2.05 bits per heavy atom. The van der Waals surface area contributed by atoms with Gasteiger partial charge in [-0.3, -0.25) is 9.32 Å². The molecule has 0 radical (unpaired) electrons. The Labute approximate surface area is 124 Å². The standard InChI is InChI=1S/C14H22NO5P/c1-2-3-10-19-21(18,11-9-13(15)14(16)17)20-12-7-5-4-6-8-12/h4-8,13H,2-3,9-11,15H2,1H3,(H,16,17). The van der Waals surface area contributed by atoms with E-state index in [1.165, 1.54) is 0 Å². The molecule has 2 atom stereocenters. The van der Waals surface area contributed by atoms with Gasteiger partial charge in [0, 0.05) is 0 Å². The summed E-state index contributed by atoms with van der Waals surface area (Å²) < 4.78 is 23.5. The SMILES string of the molecule is CCCCOP(=O)(CCC(N)C(=O)O)Oc1ccccc1. The second kappa shape index (κ2) is 8.82. The van der Waals surface area contributed by atoms with Crippen molar-refractivity contribution in [2.75, 3.05) is 12.8 Å². The minimum atomic E-state index is -3.41. The molecule has 0 heterocycles. The quantitative estimate of drug-likeness (QED) is 0.509. The Morgan fingerprint density at radius 3 is 2.62 bits per heavy atom. The van der Waals surface area contributed by atoms with Crippen molar-refractivity contribution in [1.29, 1.82) is 0 Å². The maximum absolute atomic E-state index is 12.7. The van der Waals surface area contributed by atoms with Gasteiger partial charge in [0.15, 0.2) is 0 Å². The van der Waals surface area contributed by atoms with E-state index in [2.05, 4.69) is 0 Å². The predicted octanol–water partition coefficient (Wildman–Crippen LogP) is 2.88. The van der Waals surface area contributed by atoms with Crippen molar-refractivity contribution < 1.29 is 23.5 Å². The molecule has 0 amide bonds. The first-order chi connectivity index (χ1) is 9.97. The van der Waals surface area contributed by atoms with Gasteiger partial charge in [0.1, 0.15) is 11.8 Å². The fraction of sp³-hybridized carbons (Fsp3) is 0.500. The van der Waals surface area contributed by atoms with E-state index in [0.717, 1.165) is 12.8 Å². The van der Waals surface area contributed by atoms with Crippen molar-refractivity contribution >= 4 is 13.6 Å². The molecule has 6 nitrogen and oxygen atoms in total. The zero-order valence-electron chi connectivity index (χ0n) is 12.1. The van der Waals surface area contributed by atoms with Crippen LogP contribution in [0.5, 0.6) is 5.75 Å². The summed E-state index contributed by atoms with van der Waals surface area (Å²) in [6.07, 6.45) is 1.66. The fourth-order valence-corrected chi connectivity index (χ4v) is 3.26. The number of para-hydroxylation sites is 1. The molecular weight excluding hydrogens is 293 g/mol. The minimum absolute atomic E-state index is 0.0287. The molecule has 0 spiro atoms. The highest BCUT2D eigenvalue weighted by molar-refractivity contribution is 7.54. The summed E-state index contributed by atoms with van der Waals surface area (Å²) >= 11 is 0. The van der Waals surface area contributed by atoms with E-state index in [4.69, 9.17) is 19.9 Å². The van der Waals surface area contributed by atoms with E-state index in [0.29, 0.717) is 12.4 Å². The largest absolute Gasteiger partial charge is 0.480 e. The molecule has 0 saturated carbocycles. The third kappa shape index (κ3) is 6.76. The topological polar surface area (TPSA) is 98.9 Å². The highest BCUT2D eigenvalue weighted by Crippen LogP contribution is 2.49. The maximum atomic E-state index is 12.7. The summed E-state index contributed by atoms with van der Waals surface area (Å²) in [5.41, 5.74) is 5.44. The van der Waals surface area contributed by atoms with Crippen LogP contribution < -0.4 is 10.3 Å². The Balaban J connectivity index is 2.69. The highest BCUT2D eigenvalue weighted by Gasteiger charge is 2.28. The number of aliphatic carboxylic acids is 1. The number of hydrogen-bond acceptors (Lipinski definition) is 5. The van der Waals surface area contributed by atoms with Crippen LogP contribution in [0.1, 0.15) is 26.2 Å². The molecule has 0 bridgehead atoms. The van der Waals surface area contributed by atoms with Crippen molar-refractivity contribution in [1.82, 2.24) is 0 Å². The number of carbonyl (C=O) groups is 1. The van der Waals surface area contributed by atoms with Gasteiger partial charge in [-0.15, -0.1) is 0 Å². The lowest BCUT2D eigenvalue weighted by molar-refractivity contribution is -0.138. The van der Waals surface area contributed by atoms with Gasteiger partial charge in [0.05, 0.1) is 12.8 Å². The second-order valence-electron chi connectivity index (χ2n) is 4.66. The Bertz CT molecular complexity index is 480. The van der Waals surface area contributed by atoms with E-state index in [-0.39, 0.29) is 12.6 Å². The zero-order valence-corrected chi connectivity index (χ0v) is 13.0. The lowest BCUT2D eigenvalue weighted by Crippen LogP contribution is -2.31. The molecule has 1 aromatic rings. The van der Waals surface area contributed by atoms with E-state index < -0.39 is 19.6 Å². The molecular formula is C14H22NO5P. The smallest absolute Gasteiger partial charge is 0.379 e. The summed E-state index contributed by atoms with van der Waals surface area (Å²) in [5, 5.41) is 8.79. The first kappa shape index (κ1) is 17.7. The van der Waals surface area contributed by atoms with Crippen molar-refractivity contribution in [2.24, 2.45) is 5.73 Å². The molecule has 0 aliphatic carbocycles. The van der Waals surface area contributed by atoms with Gasteiger partial charge in [-0.25, -0.2) is 4.57 Å². The van der Waals surface area contributed by atoms with Crippen LogP contribution in [0.3, 0.4) is 0 Å². The fourth-order valence-electron chi connectivity index (χ4n) is 1.55. The summed E-state index contributed by atoms with van der Waals surface area (Å²) in [6, 6.07) is 7.60. The Kier molecular flexibility index (Phi) is 7.43. The van der Waals surface area contributed by atoms with Gasteiger partial charge in [-0.05, 0) is 25.0 Å². The van der Waals surface area contributed by atoms with Gasteiger partial charge >= 0.3 is 13.6 Å². The molecule has 1 aromatic carbocycles. The molecule has 0 fully saturated rings. The van der Waals surface area contributed by atoms with Crippen LogP contribution >= 0.6 is 7.60 Å². The lowest BCUT2D eigenvalue weighted by Gasteiger charge is -2.20. The van der Waals surface area contributed by atoms with Crippen LogP contribution in [-0.4, -0.2) is 29.9 Å². The third-order valence-corrected chi connectivity index (χ3v) is 4.68. The van der Waals surface area contributed by atoms with Crippen LogP contribution in [0.15, 0.2) is 30.3 Å². The monoisotopic (exact) mass is 315 g/mol. The van der Waals surface area contributed by atoms with Gasteiger partial charge in [0.25, 0.3) is 0 Å². The van der Waals surface area contributed by atoms with Crippen molar-refractivity contribution in [3.63, 3.8) is 0 Å². The van der Waals surface area contributed by atoms with Crippen molar-refractivity contribution in [3.8, 4) is 5.75 Å². The van der Waals surface area contributed by atoms with Gasteiger partial charge in [-0.2, -0.15) is 0 Å². The number of rotatable bonds is 10. The van der Waals surface area contributed by atoms with E-state index in [9.17, 15) is 9.36 Å². The van der Waals surface area contributed by atoms with Gasteiger partial charge < -0.3 is 15.4 Å². The molecule has 118 valence electrons. The van der Waals surface area contributed by atoms with Crippen LogP contribution in [0.2, 0.25) is 0 Å². The number of unbranched alkanes of at least 4 members (excludes halogenated alkanes) is 1. The average molecular weight is 315 g/mol.